The Kier molecular flexibility index (Phi) is 4.05. The van der Waals surface area contributed by atoms with Crippen molar-refractivity contribution in [2.75, 3.05) is 13.9 Å². The molecule has 0 aliphatic heterocycles. The van der Waals surface area contributed by atoms with E-state index < -0.39 is 0 Å². The second kappa shape index (κ2) is 5.12. The summed E-state index contributed by atoms with van der Waals surface area (Å²) in [6, 6.07) is 0. The van der Waals surface area contributed by atoms with Crippen LogP contribution in [0.1, 0.15) is 12.8 Å². The summed E-state index contributed by atoms with van der Waals surface area (Å²) >= 11 is 0. The van der Waals surface area contributed by atoms with Crippen molar-refractivity contribution in [1.82, 2.24) is 0 Å². The molecule has 1 aliphatic carbocycles. The average Bonchev–Trinajstić information content (AvgIpc) is 2.50. The molecule has 0 spiro atoms. The van der Waals surface area contributed by atoms with E-state index in [4.69, 9.17) is 9.47 Å². The SMILES string of the molecule is C=CC[C@@H]1C=C[C@@H](OCOC)C1. The van der Waals surface area contributed by atoms with Crippen molar-refractivity contribution in [1.29, 1.82) is 0 Å². The van der Waals surface area contributed by atoms with Crippen LogP contribution in [0.3, 0.4) is 0 Å². The highest BCUT2D eigenvalue weighted by Crippen LogP contribution is 2.23. The number of allylic oxidation sites excluding steroid dienone is 2. The molecule has 1 aliphatic rings. The quantitative estimate of drug-likeness (QED) is 0.462. The number of rotatable bonds is 5. The summed E-state index contributed by atoms with van der Waals surface area (Å²) in [5, 5.41) is 0. The van der Waals surface area contributed by atoms with Gasteiger partial charge >= 0.3 is 0 Å². The first-order valence-electron chi connectivity index (χ1n) is 4.26. The van der Waals surface area contributed by atoms with Gasteiger partial charge in [0.1, 0.15) is 6.79 Å². The molecule has 0 saturated heterocycles. The van der Waals surface area contributed by atoms with E-state index in [0.29, 0.717) is 12.7 Å². The molecule has 0 bridgehead atoms. The van der Waals surface area contributed by atoms with Crippen LogP contribution >= 0.6 is 0 Å². The van der Waals surface area contributed by atoms with Gasteiger partial charge in [-0.3, -0.25) is 0 Å². The molecule has 68 valence electrons. The van der Waals surface area contributed by atoms with E-state index in [1.54, 1.807) is 7.11 Å². The van der Waals surface area contributed by atoms with Crippen molar-refractivity contribution in [2.45, 2.75) is 18.9 Å². The van der Waals surface area contributed by atoms with E-state index >= 15 is 0 Å². The lowest BCUT2D eigenvalue weighted by molar-refractivity contribution is -0.0569. The van der Waals surface area contributed by atoms with Crippen LogP contribution in [0.15, 0.2) is 24.8 Å². The highest BCUT2D eigenvalue weighted by Gasteiger charge is 2.17. The molecular weight excluding hydrogens is 152 g/mol. The summed E-state index contributed by atoms with van der Waals surface area (Å²) < 4.78 is 10.2. The monoisotopic (exact) mass is 168 g/mol. The number of hydrogen-bond acceptors (Lipinski definition) is 2. The highest BCUT2D eigenvalue weighted by atomic mass is 16.7. The topological polar surface area (TPSA) is 18.5 Å². The first kappa shape index (κ1) is 9.49. The summed E-state index contributed by atoms with van der Waals surface area (Å²) in [7, 11) is 1.64. The summed E-state index contributed by atoms with van der Waals surface area (Å²) in [4.78, 5) is 0. The van der Waals surface area contributed by atoms with E-state index in [9.17, 15) is 0 Å². The largest absolute Gasteiger partial charge is 0.359 e. The van der Waals surface area contributed by atoms with Gasteiger partial charge in [0, 0.05) is 7.11 Å². The van der Waals surface area contributed by atoms with Crippen LogP contribution in [-0.2, 0) is 9.47 Å². The minimum Gasteiger partial charge on any atom is -0.359 e. The molecular formula is C10H16O2. The summed E-state index contributed by atoms with van der Waals surface area (Å²) in [5.41, 5.74) is 0. The van der Waals surface area contributed by atoms with Crippen LogP contribution < -0.4 is 0 Å². The van der Waals surface area contributed by atoms with Gasteiger partial charge in [-0.2, -0.15) is 0 Å². The second-order valence-electron chi connectivity index (χ2n) is 3.02. The molecule has 2 heteroatoms. The highest BCUT2D eigenvalue weighted by molar-refractivity contribution is 5.04. The van der Waals surface area contributed by atoms with Gasteiger partial charge in [0.15, 0.2) is 0 Å². The van der Waals surface area contributed by atoms with E-state index in [0.717, 1.165) is 12.8 Å². The van der Waals surface area contributed by atoms with Gasteiger partial charge in [0.05, 0.1) is 6.10 Å². The molecule has 2 nitrogen and oxygen atoms in total. The van der Waals surface area contributed by atoms with Crippen LogP contribution in [0.2, 0.25) is 0 Å². The Balaban J connectivity index is 2.18. The molecule has 0 aromatic carbocycles. The van der Waals surface area contributed by atoms with Crippen molar-refractivity contribution >= 4 is 0 Å². The smallest absolute Gasteiger partial charge is 0.147 e. The maximum absolute atomic E-state index is 5.39. The minimum absolute atomic E-state index is 0.245. The van der Waals surface area contributed by atoms with E-state index in [1.165, 1.54) is 0 Å². The molecule has 0 amide bonds. The molecule has 0 aromatic rings. The Hall–Kier alpha value is -0.600. The lowest BCUT2D eigenvalue weighted by Crippen LogP contribution is -2.10. The maximum Gasteiger partial charge on any atom is 0.147 e. The van der Waals surface area contributed by atoms with Gasteiger partial charge in [-0.1, -0.05) is 18.2 Å². The van der Waals surface area contributed by atoms with Crippen molar-refractivity contribution in [2.24, 2.45) is 5.92 Å². The van der Waals surface area contributed by atoms with E-state index in [2.05, 4.69) is 18.7 Å². The minimum atomic E-state index is 0.245. The molecule has 1 rings (SSSR count). The first-order valence-corrected chi connectivity index (χ1v) is 4.26. The Bertz CT molecular complexity index is 163. The van der Waals surface area contributed by atoms with E-state index in [1.807, 2.05) is 6.08 Å². The van der Waals surface area contributed by atoms with Crippen LogP contribution in [0, 0.1) is 5.92 Å². The normalized spacial score (nSPS) is 27.8. The summed E-state index contributed by atoms with van der Waals surface area (Å²) in [6.07, 6.45) is 8.61. The molecule has 0 aromatic heterocycles. The van der Waals surface area contributed by atoms with Gasteiger partial charge in [-0.15, -0.1) is 6.58 Å². The summed E-state index contributed by atoms with van der Waals surface area (Å²) in [5.74, 6) is 0.615. The van der Waals surface area contributed by atoms with Crippen LogP contribution in [0.5, 0.6) is 0 Å². The molecule has 0 saturated carbocycles. The number of methoxy groups -OCH3 is 1. The third-order valence-corrected chi connectivity index (χ3v) is 2.00. The lowest BCUT2D eigenvalue weighted by Gasteiger charge is -2.10. The van der Waals surface area contributed by atoms with Crippen molar-refractivity contribution in [3.8, 4) is 0 Å². The fourth-order valence-corrected chi connectivity index (χ4v) is 1.40. The zero-order chi connectivity index (χ0) is 8.81. The molecule has 0 fully saturated rings. The van der Waals surface area contributed by atoms with E-state index in [-0.39, 0.29) is 6.10 Å². The van der Waals surface area contributed by atoms with Gasteiger partial charge in [-0.05, 0) is 18.8 Å². The average molecular weight is 168 g/mol. The Morgan fingerprint density at radius 2 is 2.42 bits per heavy atom. The predicted molar refractivity (Wildman–Crippen MR) is 48.8 cm³/mol. The maximum atomic E-state index is 5.39. The van der Waals surface area contributed by atoms with Crippen LogP contribution in [-0.4, -0.2) is 20.0 Å². The van der Waals surface area contributed by atoms with Crippen LogP contribution in [0.25, 0.3) is 0 Å². The predicted octanol–water partition coefficient (Wildman–Crippen LogP) is 2.13. The first-order chi connectivity index (χ1) is 5.86. The standard InChI is InChI=1S/C10H16O2/c1-3-4-9-5-6-10(7-9)12-8-11-2/h3,5-6,9-10H,1,4,7-8H2,2H3/t9-,10-/m1/s1. The third-order valence-electron chi connectivity index (χ3n) is 2.00. The Morgan fingerprint density at radius 1 is 1.58 bits per heavy atom. The van der Waals surface area contributed by atoms with Gasteiger partial charge in [0.25, 0.3) is 0 Å². The Labute approximate surface area is 73.9 Å². The Morgan fingerprint density at radius 3 is 3.08 bits per heavy atom. The number of hydrogen-bond donors (Lipinski definition) is 0. The zero-order valence-electron chi connectivity index (χ0n) is 7.53. The second-order valence-corrected chi connectivity index (χ2v) is 3.02. The van der Waals surface area contributed by atoms with Gasteiger partial charge in [-0.25, -0.2) is 0 Å². The fourth-order valence-electron chi connectivity index (χ4n) is 1.40. The third kappa shape index (κ3) is 2.80. The fraction of sp³-hybridized carbons (Fsp3) is 0.600. The molecule has 2 atom stereocenters. The summed E-state index contributed by atoms with van der Waals surface area (Å²) in [6.45, 7) is 4.10. The van der Waals surface area contributed by atoms with Crippen LogP contribution in [0.4, 0.5) is 0 Å². The van der Waals surface area contributed by atoms with Crippen molar-refractivity contribution in [3.05, 3.63) is 24.8 Å². The lowest BCUT2D eigenvalue weighted by atomic mass is 10.1. The molecule has 0 radical (unpaired) electrons. The zero-order valence-corrected chi connectivity index (χ0v) is 7.53. The van der Waals surface area contributed by atoms with Crippen molar-refractivity contribution in [3.63, 3.8) is 0 Å². The van der Waals surface area contributed by atoms with Gasteiger partial charge in [0.2, 0.25) is 0 Å². The van der Waals surface area contributed by atoms with Gasteiger partial charge < -0.3 is 9.47 Å². The molecule has 0 N–H and O–H groups in total. The molecule has 0 heterocycles. The molecule has 12 heavy (non-hydrogen) atoms. The number of ether oxygens (including phenoxy) is 2. The van der Waals surface area contributed by atoms with Crippen molar-refractivity contribution < 1.29 is 9.47 Å². The molecule has 0 unspecified atom stereocenters.